The third-order valence-corrected chi connectivity index (χ3v) is 4.83. The van der Waals surface area contributed by atoms with E-state index in [2.05, 4.69) is 0 Å². The fraction of sp³-hybridized carbons (Fsp3) is 0.0526. The molecule has 4 rings (SSSR count). The van der Waals surface area contributed by atoms with Crippen LogP contribution in [0.15, 0.2) is 65.6 Å². The second-order valence-electron chi connectivity index (χ2n) is 5.81. The first-order valence-electron chi connectivity index (χ1n) is 7.73. The molecule has 27 heavy (non-hydrogen) atoms. The predicted molar refractivity (Wildman–Crippen MR) is 90.3 cm³/mol. The van der Waals surface area contributed by atoms with Gasteiger partial charge in [-0.05, 0) is 48.5 Å². The molecule has 3 aromatic rings. The molecular formula is C19H11F3O4S. The van der Waals surface area contributed by atoms with Gasteiger partial charge in [-0.15, -0.1) is 0 Å². The molecule has 0 saturated carbocycles. The molecule has 0 fully saturated rings. The average Bonchev–Trinajstić information content (AvgIpc) is 3.01. The number of rotatable bonds is 3. The monoisotopic (exact) mass is 392 g/mol. The molecule has 0 bridgehead atoms. The Balaban J connectivity index is 1.89. The topological polar surface area (TPSA) is 55.8 Å². The zero-order valence-electron chi connectivity index (χ0n) is 13.5. The molecule has 1 unspecified atom stereocenters. The SMILES string of the molecule is O=S(O)c1cc2c(cc1F)OC(c1ccc(F)cc1)(c1ccc(F)cc1)O2. The summed E-state index contributed by atoms with van der Waals surface area (Å²) in [6.07, 6.45) is 0. The van der Waals surface area contributed by atoms with Gasteiger partial charge in [-0.3, -0.25) is 0 Å². The molecule has 0 spiro atoms. The summed E-state index contributed by atoms with van der Waals surface area (Å²) in [5, 5.41) is 0. The Bertz CT molecular complexity index is 991. The van der Waals surface area contributed by atoms with Gasteiger partial charge < -0.3 is 14.0 Å². The van der Waals surface area contributed by atoms with E-state index in [4.69, 9.17) is 9.47 Å². The van der Waals surface area contributed by atoms with E-state index in [9.17, 15) is 21.9 Å². The van der Waals surface area contributed by atoms with Crippen molar-refractivity contribution in [3.63, 3.8) is 0 Å². The van der Waals surface area contributed by atoms with Crippen molar-refractivity contribution in [1.82, 2.24) is 0 Å². The normalized spacial score (nSPS) is 15.6. The van der Waals surface area contributed by atoms with Gasteiger partial charge in [-0.25, -0.2) is 17.4 Å². The molecule has 0 aromatic heterocycles. The van der Waals surface area contributed by atoms with E-state index >= 15 is 0 Å². The zero-order valence-corrected chi connectivity index (χ0v) is 14.3. The maximum Gasteiger partial charge on any atom is 0.305 e. The molecule has 0 amide bonds. The molecule has 0 radical (unpaired) electrons. The summed E-state index contributed by atoms with van der Waals surface area (Å²) in [7, 11) is 0. The fourth-order valence-electron chi connectivity index (χ4n) is 2.88. The van der Waals surface area contributed by atoms with Gasteiger partial charge in [0.25, 0.3) is 0 Å². The standard InChI is InChI=1S/C19H11F3O4S/c20-13-5-1-11(2-6-13)19(12-3-7-14(21)8-4-12)25-16-9-15(22)18(27(23)24)10-17(16)26-19/h1-10H,(H,23,24). The maximum absolute atomic E-state index is 14.1. The number of hydrogen-bond donors (Lipinski definition) is 1. The lowest BCUT2D eigenvalue weighted by Crippen LogP contribution is -2.36. The van der Waals surface area contributed by atoms with Gasteiger partial charge in [-0.1, -0.05) is 0 Å². The van der Waals surface area contributed by atoms with Crippen LogP contribution in [-0.4, -0.2) is 8.76 Å². The lowest BCUT2D eigenvalue weighted by molar-refractivity contribution is -0.0460. The molecule has 1 heterocycles. The first kappa shape index (κ1) is 17.6. The summed E-state index contributed by atoms with van der Waals surface area (Å²) in [4.78, 5) is -0.466. The van der Waals surface area contributed by atoms with E-state index in [-0.39, 0.29) is 11.5 Å². The lowest BCUT2D eigenvalue weighted by atomic mass is 9.97. The minimum atomic E-state index is -2.56. The summed E-state index contributed by atoms with van der Waals surface area (Å²) in [5.41, 5.74) is 0.748. The van der Waals surface area contributed by atoms with Crippen LogP contribution in [0, 0.1) is 17.5 Å². The first-order valence-corrected chi connectivity index (χ1v) is 8.84. The van der Waals surface area contributed by atoms with Gasteiger partial charge in [0.05, 0.1) is 0 Å². The molecule has 1 N–H and O–H groups in total. The molecular weight excluding hydrogens is 381 g/mol. The second kappa shape index (κ2) is 6.40. The number of hydrogen-bond acceptors (Lipinski definition) is 3. The summed E-state index contributed by atoms with van der Waals surface area (Å²) in [6, 6.07) is 12.5. The van der Waals surface area contributed by atoms with E-state index < -0.39 is 39.2 Å². The Labute approximate surface area is 154 Å². The second-order valence-corrected chi connectivity index (χ2v) is 6.75. The van der Waals surface area contributed by atoms with Crippen molar-refractivity contribution in [1.29, 1.82) is 0 Å². The van der Waals surface area contributed by atoms with E-state index in [1.807, 2.05) is 0 Å². The van der Waals surface area contributed by atoms with Gasteiger partial charge >= 0.3 is 5.79 Å². The van der Waals surface area contributed by atoms with Crippen LogP contribution in [-0.2, 0) is 16.9 Å². The van der Waals surface area contributed by atoms with Gasteiger partial charge in [0.2, 0.25) is 0 Å². The van der Waals surface area contributed by atoms with Gasteiger partial charge in [0, 0.05) is 23.3 Å². The van der Waals surface area contributed by atoms with E-state index in [0.29, 0.717) is 11.1 Å². The minimum absolute atomic E-state index is 0.00431. The Kier molecular flexibility index (Phi) is 4.16. The Morgan fingerprint density at radius 3 is 1.67 bits per heavy atom. The molecule has 1 aliphatic heterocycles. The highest BCUT2D eigenvalue weighted by Crippen LogP contribution is 2.48. The largest absolute Gasteiger partial charge is 0.440 e. The van der Waals surface area contributed by atoms with Crippen LogP contribution in [0.5, 0.6) is 11.5 Å². The van der Waals surface area contributed by atoms with Crippen LogP contribution in [0.25, 0.3) is 0 Å². The number of ether oxygens (including phenoxy) is 2. The minimum Gasteiger partial charge on any atom is -0.440 e. The first-order chi connectivity index (χ1) is 12.9. The van der Waals surface area contributed by atoms with Crippen LogP contribution in [0.2, 0.25) is 0 Å². The van der Waals surface area contributed by atoms with E-state index in [1.165, 1.54) is 48.5 Å². The summed E-state index contributed by atoms with van der Waals surface area (Å²) >= 11 is -2.56. The third-order valence-electron chi connectivity index (χ3n) is 4.14. The van der Waals surface area contributed by atoms with Crippen molar-refractivity contribution in [2.24, 2.45) is 0 Å². The maximum atomic E-state index is 14.1. The zero-order chi connectivity index (χ0) is 19.2. The van der Waals surface area contributed by atoms with Crippen LogP contribution in [0.3, 0.4) is 0 Å². The van der Waals surface area contributed by atoms with Crippen molar-refractivity contribution in [3.05, 3.63) is 89.2 Å². The van der Waals surface area contributed by atoms with Gasteiger partial charge in [0.15, 0.2) is 22.6 Å². The van der Waals surface area contributed by atoms with Crippen LogP contribution < -0.4 is 9.47 Å². The summed E-state index contributed by atoms with van der Waals surface area (Å²) in [5.74, 6) is -3.50. The highest BCUT2D eigenvalue weighted by Gasteiger charge is 2.46. The smallest absolute Gasteiger partial charge is 0.305 e. The van der Waals surface area contributed by atoms with Crippen molar-refractivity contribution in [2.75, 3.05) is 0 Å². The predicted octanol–water partition coefficient (Wildman–Crippen LogP) is 4.36. The van der Waals surface area contributed by atoms with Gasteiger partial charge in [-0.2, -0.15) is 0 Å². The molecule has 4 nitrogen and oxygen atoms in total. The van der Waals surface area contributed by atoms with Crippen molar-refractivity contribution >= 4 is 11.1 Å². The summed E-state index contributed by atoms with van der Waals surface area (Å²) in [6.45, 7) is 0. The highest BCUT2D eigenvalue weighted by molar-refractivity contribution is 7.79. The van der Waals surface area contributed by atoms with Crippen molar-refractivity contribution in [3.8, 4) is 11.5 Å². The molecule has 3 aromatic carbocycles. The Hall–Kier alpha value is -2.84. The van der Waals surface area contributed by atoms with Gasteiger partial charge in [0.1, 0.15) is 22.3 Å². The van der Waals surface area contributed by atoms with Crippen LogP contribution in [0.1, 0.15) is 11.1 Å². The Morgan fingerprint density at radius 1 is 0.778 bits per heavy atom. The average molecular weight is 392 g/mol. The summed E-state index contributed by atoms with van der Waals surface area (Å²) < 4.78 is 73.1. The van der Waals surface area contributed by atoms with E-state index in [1.54, 1.807) is 0 Å². The van der Waals surface area contributed by atoms with Crippen molar-refractivity contribution < 1.29 is 31.4 Å². The fourth-order valence-corrected chi connectivity index (χ4v) is 3.31. The number of fused-ring (bicyclic) bond motifs is 1. The van der Waals surface area contributed by atoms with E-state index in [0.717, 1.165) is 12.1 Å². The molecule has 0 aliphatic carbocycles. The lowest BCUT2D eigenvalue weighted by Gasteiger charge is -2.28. The molecule has 0 saturated heterocycles. The number of benzene rings is 3. The highest BCUT2D eigenvalue weighted by atomic mass is 32.2. The molecule has 1 atom stereocenters. The molecule has 1 aliphatic rings. The Morgan fingerprint density at radius 2 is 1.22 bits per heavy atom. The van der Waals surface area contributed by atoms with Crippen molar-refractivity contribution in [2.45, 2.75) is 10.7 Å². The quantitative estimate of drug-likeness (QED) is 0.673. The van der Waals surface area contributed by atoms with Crippen LogP contribution in [0.4, 0.5) is 13.2 Å². The third kappa shape index (κ3) is 2.96. The molecule has 8 heteroatoms. The number of halogens is 3. The molecule has 138 valence electrons. The van der Waals surface area contributed by atoms with Crippen LogP contribution >= 0.6 is 0 Å².